The molecule has 0 radical (unpaired) electrons. The predicted octanol–water partition coefficient (Wildman–Crippen LogP) is 3.57. The Morgan fingerprint density at radius 1 is 1.17 bits per heavy atom. The topological polar surface area (TPSA) is 76.9 Å². The molecule has 3 aromatic rings. The lowest BCUT2D eigenvalue weighted by Crippen LogP contribution is -2.38. The van der Waals surface area contributed by atoms with Gasteiger partial charge in [0.2, 0.25) is 5.91 Å². The van der Waals surface area contributed by atoms with E-state index in [0.717, 1.165) is 31.6 Å². The fourth-order valence-corrected chi connectivity index (χ4v) is 4.55. The minimum Gasteiger partial charge on any atom is -0.353 e. The highest BCUT2D eigenvalue weighted by atomic mass is 32.2. The Kier molecular flexibility index (Phi) is 5.94. The summed E-state index contributed by atoms with van der Waals surface area (Å²) in [5, 5.41) is 4.17. The lowest BCUT2D eigenvalue weighted by molar-refractivity contribution is -0.119. The van der Waals surface area contributed by atoms with Crippen molar-refractivity contribution in [2.45, 2.75) is 43.8 Å². The molecule has 6 nitrogen and oxygen atoms in total. The second-order valence-corrected chi connectivity index (χ2v) is 8.52. The van der Waals surface area contributed by atoms with Crippen molar-refractivity contribution >= 4 is 28.6 Å². The molecule has 4 rings (SSSR count). The van der Waals surface area contributed by atoms with Crippen molar-refractivity contribution in [3.8, 4) is 5.69 Å². The van der Waals surface area contributed by atoms with Gasteiger partial charge in [-0.25, -0.2) is 4.98 Å². The summed E-state index contributed by atoms with van der Waals surface area (Å²) in [6.45, 7) is 2.26. The van der Waals surface area contributed by atoms with Gasteiger partial charge in [0.15, 0.2) is 5.16 Å². The lowest BCUT2D eigenvalue weighted by Gasteiger charge is -2.26. The Bertz CT molecular complexity index is 1060. The Hall–Kier alpha value is -2.67. The number of aromatic nitrogens is 3. The summed E-state index contributed by atoms with van der Waals surface area (Å²) >= 11 is 1.28. The molecular formula is C22H24N4O2S. The second kappa shape index (κ2) is 8.78. The van der Waals surface area contributed by atoms with Crippen LogP contribution in [-0.2, 0) is 4.79 Å². The zero-order valence-electron chi connectivity index (χ0n) is 16.4. The normalized spacial score (nSPS) is 19.2. The summed E-state index contributed by atoms with van der Waals surface area (Å²) in [6.07, 6.45) is 7.67. The molecule has 1 N–H and O–H groups in total. The Labute approximate surface area is 173 Å². The molecule has 0 aliphatic heterocycles. The van der Waals surface area contributed by atoms with E-state index in [1.54, 1.807) is 24.5 Å². The number of nitrogens with one attached hydrogen (secondary N) is 1. The van der Waals surface area contributed by atoms with Crippen molar-refractivity contribution in [3.63, 3.8) is 0 Å². The van der Waals surface area contributed by atoms with Crippen LogP contribution in [-0.4, -0.2) is 32.2 Å². The van der Waals surface area contributed by atoms with Crippen LogP contribution in [0.1, 0.15) is 32.6 Å². The van der Waals surface area contributed by atoms with E-state index in [1.165, 1.54) is 16.3 Å². The quantitative estimate of drug-likeness (QED) is 0.516. The number of carbonyl (C=O) groups is 1. The monoisotopic (exact) mass is 408 g/mol. The van der Waals surface area contributed by atoms with Crippen LogP contribution in [0.3, 0.4) is 0 Å². The maximum atomic E-state index is 13.1. The zero-order chi connectivity index (χ0) is 20.2. The van der Waals surface area contributed by atoms with Crippen LogP contribution < -0.4 is 10.9 Å². The van der Waals surface area contributed by atoms with E-state index in [0.29, 0.717) is 21.7 Å². The van der Waals surface area contributed by atoms with Crippen molar-refractivity contribution < 1.29 is 4.79 Å². The molecule has 0 saturated heterocycles. The number of carbonyl (C=O) groups excluding carboxylic acids is 1. The number of pyridine rings is 1. The van der Waals surface area contributed by atoms with Crippen LogP contribution in [0.5, 0.6) is 0 Å². The van der Waals surface area contributed by atoms with Gasteiger partial charge in [-0.2, -0.15) is 0 Å². The second-order valence-electron chi connectivity index (χ2n) is 7.58. The molecule has 150 valence electrons. The average molecular weight is 409 g/mol. The lowest BCUT2D eigenvalue weighted by atomic mass is 9.87. The summed E-state index contributed by atoms with van der Waals surface area (Å²) < 4.78 is 1.54. The highest BCUT2D eigenvalue weighted by molar-refractivity contribution is 7.99. The standard InChI is InChI=1S/C22H24N4O2S/c1-15-8-10-16(11-9-15)24-20(27)14-29-22-25-19-7-3-2-6-18(19)21(28)26(22)17-5-4-12-23-13-17/h2-7,12-13,15-16H,8-11,14H2,1H3,(H,24,27). The number of para-hydroxylation sites is 1. The minimum atomic E-state index is -0.159. The fourth-order valence-electron chi connectivity index (χ4n) is 3.73. The number of nitrogens with zero attached hydrogens (tertiary/aromatic N) is 3. The van der Waals surface area contributed by atoms with Crippen LogP contribution in [0.25, 0.3) is 16.6 Å². The Morgan fingerprint density at radius 3 is 2.72 bits per heavy atom. The van der Waals surface area contributed by atoms with Gasteiger partial charge in [0, 0.05) is 12.2 Å². The van der Waals surface area contributed by atoms with E-state index >= 15 is 0 Å². The fraction of sp³-hybridized carbons (Fsp3) is 0.364. The number of hydrogen-bond donors (Lipinski definition) is 1. The Balaban J connectivity index is 1.58. The van der Waals surface area contributed by atoms with Crippen molar-refractivity contribution in [2.75, 3.05) is 5.75 Å². The highest BCUT2D eigenvalue weighted by Crippen LogP contribution is 2.24. The summed E-state index contributed by atoms with van der Waals surface area (Å²) in [6, 6.07) is 11.1. The molecule has 1 fully saturated rings. The van der Waals surface area contributed by atoms with Crippen molar-refractivity contribution in [2.24, 2.45) is 5.92 Å². The molecule has 0 atom stereocenters. The van der Waals surface area contributed by atoms with Gasteiger partial charge in [-0.1, -0.05) is 30.8 Å². The summed E-state index contributed by atoms with van der Waals surface area (Å²) in [7, 11) is 0. The third-order valence-electron chi connectivity index (χ3n) is 5.36. The number of benzene rings is 1. The van der Waals surface area contributed by atoms with Gasteiger partial charge in [0.25, 0.3) is 5.56 Å². The number of rotatable bonds is 5. The van der Waals surface area contributed by atoms with Gasteiger partial charge in [-0.3, -0.25) is 19.1 Å². The van der Waals surface area contributed by atoms with E-state index in [2.05, 4.69) is 22.2 Å². The van der Waals surface area contributed by atoms with Gasteiger partial charge in [-0.05, 0) is 55.9 Å². The van der Waals surface area contributed by atoms with Gasteiger partial charge >= 0.3 is 0 Å². The average Bonchev–Trinajstić information content (AvgIpc) is 2.75. The molecule has 1 aliphatic rings. The van der Waals surface area contributed by atoms with E-state index in [-0.39, 0.29) is 23.3 Å². The van der Waals surface area contributed by atoms with Crippen LogP contribution in [0.15, 0.2) is 58.7 Å². The molecule has 2 heterocycles. The van der Waals surface area contributed by atoms with Crippen LogP contribution in [0.4, 0.5) is 0 Å². The van der Waals surface area contributed by atoms with Crippen molar-refractivity contribution in [1.29, 1.82) is 0 Å². The maximum absolute atomic E-state index is 13.1. The molecule has 1 aromatic carbocycles. The van der Waals surface area contributed by atoms with Gasteiger partial charge in [0.1, 0.15) is 0 Å². The largest absolute Gasteiger partial charge is 0.353 e. The highest BCUT2D eigenvalue weighted by Gasteiger charge is 2.20. The number of fused-ring (bicyclic) bond motifs is 1. The summed E-state index contributed by atoms with van der Waals surface area (Å²) in [4.78, 5) is 34.4. The number of thioether (sulfide) groups is 1. The molecule has 1 amide bonds. The molecule has 1 aliphatic carbocycles. The molecular weight excluding hydrogens is 384 g/mol. The van der Waals surface area contributed by atoms with Crippen LogP contribution in [0.2, 0.25) is 0 Å². The van der Waals surface area contributed by atoms with Gasteiger partial charge in [-0.15, -0.1) is 0 Å². The van der Waals surface area contributed by atoms with E-state index in [9.17, 15) is 9.59 Å². The van der Waals surface area contributed by atoms with E-state index in [4.69, 9.17) is 0 Å². The van der Waals surface area contributed by atoms with Gasteiger partial charge < -0.3 is 5.32 Å². The third kappa shape index (κ3) is 4.50. The molecule has 0 bridgehead atoms. The first-order valence-electron chi connectivity index (χ1n) is 9.96. The summed E-state index contributed by atoms with van der Waals surface area (Å²) in [5.41, 5.74) is 1.11. The van der Waals surface area contributed by atoms with Crippen molar-refractivity contribution in [3.05, 3.63) is 59.1 Å². The zero-order valence-corrected chi connectivity index (χ0v) is 17.2. The molecule has 1 saturated carbocycles. The molecule has 7 heteroatoms. The smallest absolute Gasteiger partial charge is 0.266 e. The molecule has 2 aromatic heterocycles. The van der Waals surface area contributed by atoms with Crippen molar-refractivity contribution in [1.82, 2.24) is 19.9 Å². The molecule has 0 unspecified atom stereocenters. The molecule has 29 heavy (non-hydrogen) atoms. The number of hydrogen-bond acceptors (Lipinski definition) is 5. The van der Waals surface area contributed by atoms with E-state index < -0.39 is 0 Å². The molecule has 0 spiro atoms. The first-order chi connectivity index (χ1) is 14.1. The maximum Gasteiger partial charge on any atom is 0.266 e. The van der Waals surface area contributed by atoms with E-state index in [1.807, 2.05) is 24.3 Å². The van der Waals surface area contributed by atoms with Gasteiger partial charge in [0.05, 0.1) is 28.5 Å². The Morgan fingerprint density at radius 2 is 1.97 bits per heavy atom. The first kappa shape index (κ1) is 19.6. The minimum absolute atomic E-state index is 0.0188. The number of amides is 1. The van der Waals surface area contributed by atoms with Crippen LogP contribution in [0, 0.1) is 5.92 Å². The summed E-state index contributed by atoms with van der Waals surface area (Å²) in [5.74, 6) is 0.944. The predicted molar refractivity (Wildman–Crippen MR) is 115 cm³/mol. The third-order valence-corrected chi connectivity index (χ3v) is 6.30. The van der Waals surface area contributed by atoms with Crippen LogP contribution >= 0.6 is 11.8 Å². The SMILES string of the molecule is CC1CCC(NC(=O)CSc2nc3ccccc3c(=O)n2-c2cccnc2)CC1. The first-order valence-corrected chi connectivity index (χ1v) is 10.9.